The topological polar surface area (TPSA) is 146 Å². The van der Waals surface area contributed by atoms with Gasteiger partial charge in [0.1, 0.15) is 0 Å². The fraction of sp³-hybridized carbons (Fsp3) is 0.278. The van der Waals surface area contributed by atoms with Crippen molar-refractivity contribution >= 4 is 56.7 Å². The molecule has 0 saturated carbocycles. The summed E-state index contributed by atoms with van der Waals surface area (Å²) in [6.45, 7) is 1.92. The largest absolute Gasteiger partial charge is 0.490 e. The number of benzene rings is 1. The van der Waals surface area contributed by atoms with E-state index in [0.717, 1.165) is 0 Å². The predicted molar refractivity (Wildman–Crippen MR) is 115 cm³/mol. The molecule has 2 heterocycles. The molecule has 186 valence electrons. The first-order chi connectivity index (χ1) is 15.7. The number of hydrogen-bond donors (Lipinski definition) is 3. The number of halogens is 5. The van der Waals surface area contributed by atoms with Gasteiger partial charge in [-0.15, -0.1) is 0 Å². The van der Waals surface area contributed by atoms with Crippen molar-refractivity contribution < 1.29 is 46.1 Å². The van der Waals surface area contributed by atoms with E-state index in [0.29, 0.717) is 32.1 Å². The highest BCUT2D eigenvalue weighted by Crippen LogP contribution is 2.30. The van der Waals surface area contributed by atoms with Crippen LogP contribution in [0.1, 0.15) is 10.4 Å². The second-order valence-electron chi connectivity index (χ2n) is 6.48. The van der Waals surface area contributed by atoms with Crippen LogP contribution in [0, 0.1) is 0 Å². The summed E-state index contributed by atoms with van der Waals surface area (Å²) < 4.78 is 64.9. The zero-order chi connectivity index (χ0) is 25.7. The Hall–Kier alpha value is -2.81. The van der Waals surface area contributed by atoms with Crippen LogP contribution in [-0.4, -0.2) is 68.0 Å². The molecule has 34 heavy (non-hydrogen) atoms. The van der Waals surface area contributed by atoms with Gasteiger partial charge in [0.05, 0.1) is 39.4 Å². The molecule has 3 N–H and O–H groups in total. The van der Waals surface area contributed by atoms with Crippen LogP contribution in [0.3, 0.4) is 0 Å². The number of hydrogen-bond acceptors (Lipinski definition) is 7. The third-order valence-electron chi connectivity index (χ3n) is 4.11. The van der Waals surface area contributed by atoms with Crippen molar-refractivity contribution in [3.63, 3.8) is 0 Å². The lowest BCUT2D eigenvalue weighted by Gasteiger charge is -2.29. The molecule has 1 saturated heterocycles. The van der Waals surface area contributed by atoms with E-state index in [9.17, 15) is 31.5 Å². The Balaban J connectivity index is 0.000000509. The first-order valence-corrected chi connectivity index (χ1v) is 11.3. The first-order valence-electron chi connectivity index (χ1n) is 9.06. The van der Waals surface area contributed by atoms with Gasteiger partial charge in [-0.05, 0) is 24.3 Å². The fourth-order valence-electron chi connectivity index (χ4n) is 2.52. The summed E-state index contributed by atoms with van der Waals surface area (Å²) in [5.41, 5.74) is -0.0817. The number of carboxylic acid groups (broad SMARTS) is 2. The Kier molecular flexibility index (Phi) is 8.94. The zero-order valence-corrected chi connectivity index (χ0v) is 19.2. The number of ether oxygens (including phenoxy) is 1. The molecule has 1 aliphatic heterocycles. The van der Waals surface area contributed by atoms with Gasteiger partial charge in [0.25, 0.3) is 10.0 Å². The molecule has 3 rings (SSSR count). The molecule has 10 nitrogen and oxygen atoms in total. The summed E-state index contributed by atoms with van der Waals surface area (Å²) >= 11 is 11.7. The van der Waals surface area contributed by atoms with Crippen LogP contribution in [0.4, 0.5) is 24.7 Å². The maximum atomic E-state index is 12.8. The van der Waals surface area contributed by atoms with E-state index in [1.165, 1.54) is 30.5 Å². The Morgan fingerprint density at radius 3 is 2.18 bits per heavy atom. The SMILES string of the molecule is O=C(O)C(F)(F)F.O=C(O)c1cnc(N2CCOCC2)c(NS(=O)(=O)c2ccc(Cl)c(Cl)c2)c1. The fourth-order valence-corrected chi connectivity index (χ4v) is 3.97. The van der Waals surface area contributed by atoms with Crippen molar-refractivity contribution in [3.8, 4) is 0 Å². The van der Waals surface area contributed by atoms with Gasteiger partial charge < -0.3 is 19.8 Å². The minimum atomic E-state index is -5.08. The minimum absolute atomic E-state index is 0.0582. The van der Waals surface area contributed by atoms with E-state index in [-0.39, 0.29) is 26.2 Å². The molecule has 0 bridgehead atoms. The number of nitrogens with zero attached hydrogens (tertiary/aromatic N) is 2. The van der Waals surface area contributed by atoms with Crippen LogP contribution in [0.2, 0.25) is 10.0 Å². The van der Waals surface area contributed by atoms with E-state index < -0.39 is 28.1 Å². The van der Waals surface area contributed by atoms with Crippen molar-refractivity contribution in [1.29, 1.82) is 0 Å². The van der Waals surface area contributed by atoms with Crippen molar-refractivity contribution in [2.45, 2.75) is 11.1 Å². The Morgan fingerprint density at radius 1 is 1.09 bits per heavy atom. The Labute approximate surface area is 200 Å². The number of carbonyl (C=O) groups is 2. The van der Waals surface area contributed by atoms with Crippen molar-refractivity contribution in [1.82, 2.24) is 4.98 Å². The van der Waals surface area contributed by atoms with Crippen LogP contribution in [0.5, 0.6) is 0 Å². The molecule has 16 heteroatoms. The summed E-state index contributed by atoms with van der Waals surface area (Å²) in [5, 5.41) is 16.6. The molecule has 1 aromatic heterocycles. The number of rotatable bonds is 5. The number of anilines is 2. The number of morpholine rings is 1. The molecule has 0 atom stereocenters. The quantitative estimate of drug-likeness (QED) is 0.514. The summed E-state index contributed by atoms with van der Waals surface area (Å²) in [6.07, 6.45) is -3.90. The molecule has 0 unspecified atom stereocenters. The van der Waals surface area contributed by atoms with Crippen molar-refractivity contribution in [2.24, 2.45) is 0 Å². The average molecular weight is 546 g/mol. The van der Waals surface area contributed by atoms with Crippen LogP contribution in [-0.2, 0) is 19.6 Å². The van der Waals surface area contributed by atoms with Gasteiger partial charge in [-0.1, -0.05) is 23.2 Å². The number of carboxylic acids is 2. The van der Waals surface area contributed by atoms with Crippen LogP contribution >= 0.6 is 23.2 Å². The highest BCUT2D eigenvalue weighted by Gasteiger charge is 2.38. The lowest BCUT2D eigenvalue weighted by atomic mass is 10.2. The number of aliphatic carboxylic acids is 1. The minimum Gasteiger partial charge on any atom is -0.478 e. The highest BCUT2D eigenvalue weighted by atomic mass is 35.5. The van der Waals surface area contributed by atoms with E-state index in [1.54, 1.807) is 0 Å². The molecular formula is C18H16Cl2F3N3O7S. The zero-order valence-electron chi connectivity index (χ0n) is 16.8. The smallest absolute Gasteiger partial charge is 0.478 e. The van der Waals surface area contributed by atoms with Gasteiger partial charge in [0, 0.05) is 19.3 Å². The van der Waals surface area contributed by atoms with Crippen molar-refractivity contribution in [3.05, 3.63) is 46.1 Å². The maximum Gasteiger partial charge on any atom is 0.490 e. The molecule has 1 aliphatic rings. The second-order valence-corrected chi connectivity index (χ2v) is 8.98. The van der Waals surface area contributed by atoms with E-state index >= 15 is 0 Å². The first kappa shape index (κ1) is 27.4. The van der Waals surface area contributed by atoms with Gasteiger partial charge in [-0.2, -0.15) is 13.2 Å². The normalized spacial score (nSPS) is 14.1. The lowest BCUT2D eigenvalue weighted by Crippen LogP contribution is -2.37. The number of aromatic nitrogens is 1. The average Bonchev–Trinajstić information content (AvgIpc) is 2.75. The molecule has 0 radical (unpaired) electrons. The third-order valence-corrected chi connectivity index (χ3v) is 6.21. The lowest BCUT2D eigenvalue weighted by molar-refractivity contribution is -0.192. The molecule has 1 aromatic carbocycles. The molecule has 0 aliphatic carbocycles. The molecular weight excluding hydrogens is 530 g/mol. The molecule has 0 spiro atoms. The highest BCUT2D eigenvalue weighted by molar-refractivity contribution is 7.92. The van der Waals surface area contributed by atoms with Gasteiger partial charge in [0.15, 0.2) is 5.82 Å². The predicted octanol–water partition coefficient (Wildman–Crippen LogP) is 3.36. The molecule has 0 amide bonds. The third kappa shape index (κ3) is 7.35. The van der Waals surface area contributed by atoms with Crippen molar-refractivity contribution in [2.75, 3.05) is 35.9 Å². The summed E-state index contributed by atoms with van der Waals surface area (Å²) in [7, 11) is -4.04. The van der Waals surface area contributed by atoms with Crippen LogP contribution in [0.25, 0.3) is 0 Å². The number of aromatic carboxylic acids is 1. The summed E-state index contributed by atoms with van der Waals surface area (Å²) in [6, 6.07) is 5.12. The van der Waals surface area contributed by atoms with E-state index in [1.807, 2.05) is 4.90 Å². The number of alkyl halides is 3. The van der Waals surface area contributed by atoms with E-state index in [2.05, 4.69) is 9.71 Å². The second kappa shape index (κ2) is 11.1. The number of pyridine rings is 1. The van der Waals surface area contributed by atoms with E-state index in [4.69, 9.17) is 37.8 Å². The number of nitrogens with one attached hydrogen (secondary N) is 1. The summed E-state index contributed by atoms with van der Waals surface area (Å²) in [4.78, 5) is 26.0. The van der Waals surface area contributed by atoms with Gasteiger partial charge >= 0.3 is 18.1 Å². The van der Waals surface area contributed by atoms with Crippen LogP contribution < -0.4 is 9.62 Å². The molecule has 2 aromatic rings. The Morgan fingerprint density at radius 2 is 1.68 bits per heavy atom. The maximum absolute atomic E-state index is 12.8. The monoisotopic (exact) mass is 545 g/mol. The van der Waals surface area contributed by atoms with Gasteiger partial charge in [0.2, 0.25) is 0 Å². The summed E-state index contributed by atoms with van der Waals surface area (Å²) in [5.74, 6) is -3.65. The Bertz CT molecular complexity index is 1170. The van der Waals surface area contributed by atoms with Crippen LogP contribution in [0.15, 0.2) is 35.4 Å². The number of sulfonamides is 1. The van der Waals surface area contributed by atoms with Gasteiger partial charge in [-0.25, -0.2) is 23.0 Å². The molecule has 1 fully saturated rings. The standard InChI is InChI=1S/C16H15Cl2N3O5S.C2HF3O2/c17-12-2-1-11(8-13(12)18)27(24,25)20-14-7-10(16(22)23)9-19-15(14)21-3-5-26-6-4-21;3-2(4,5)1(6)7/h1-2,7-9,20H,3-6H2,(H,22,23);(H,6,7). The van der Waals surface area contributed by atoms with Gasteiger partial charge in [-0.3, -0.25) is 4.72 Å².